The lowest BCUT2D eigenvalue weighted by Crippen LogP contribution is -2.20. The van der Waals surface area contributed by atoms with Gasteiger partial charge in [0, 0.05) is 11.3 Å². The lowest BCUT2D eigenvalue weighted by Gasteiger charge is -2.17. The SMILES string of the molecule is Cc1ccc(NC(C(=O)O)c2cc(F)ccc2O)cc1. The smallest absolute Gasteiger partial charge is 0.330 e. The van der Waals surface area contributed by atoms with Gasteiger partial charge in [-0.2, -0.15) is 0 Å². The third-order valence-electron chi connectivity index (χ3n) is 2.91. The van der Waals surface area contributed by atoms with Gasteiger partial charge in [-0.25, -0.2) is 9.18 Å². The zero-order chi connectivity index (χ0) is 14.7. The van der Waals surface area contributed by atoms with E-state index in [4.69, 9.17) is 0 Å². The highest BCUT2D eigenvalue weighted by molar-refractivity contribution is 5.80. The number of aryl methyl sites for hydroxylation is 1. The lowest BCUT2D eigenvalue weighted by molar-refractivity contribution is -0.138. The first-order chi connectivity index (χ1) is 9.47. The molecule has 3 N–H and O–H groups in total. The van der Waals surface area contributed by atoms with Gasteiger partial charge in [0.2, 0.25) is 0 Å². The predicted octanol–water partition coefficient (Wildman–Crippen LogP) is 3.08. The molecule has 0 heterocycles. The van der Waals surface area contributed by atoms with Crippen LogP contribution in [-0.4, -0.2) is 16.2 Å². The molecule has 1 atom stereocenters. The first-order valence-electron chi connectivity index (χ1n) is 6.02. The van der Waals surface area contributed by atoms with Crippen LogP contribution in [0.5, 0.6) is 5.75 Å². The van der Waals surface area contributed by atoms with Gasteiger partial charge in [-0.05, 0) is 37.3 Å². The van der Waals surface area contributed by atoms with E-state index in [0.29, 0.717) is 5.69 Å². The Morgan fingerprint density at radius 2 is 1.85 bits per heavy atom. The van der Waals surface area contributed by atoms with Gasteiger partial charge < -0.3 is 15.5 Å². The molecule has 1 unspecified atom stereocenters. The summed E-state index contributed by atoms with van der Waals surface area (Å²) in [6.45, 7) is 1.91. The monoisotopic (exact) mass is 275 g/mol. The number of benzene rings is 2. The predicted molar refractivity (Wildman–Crippen MR) is 73.2 cm³/mol. The molecule has 2 rings (SSSR count). The van der Waals surface area contributed by atoms with E-state index in [1.807, 2.05) is 19.1 Å². The number of carbonyl (C=O) groups is 1. The number of hydrogen-bond donors (Lipinski definition) is 3. The summed E-state index contributed by atoms with van der Waals surface area (Å²) in [5.74, 6) is -2.07. The van der Waals surface area contributed by atoms with Crippen molar-refractivity contribution < 1.29 is 19.4 Å². The molecule has 5 heteroatoms. The molecular weight excluding hydrogens is 261 g/mol. The van der Waals surface area contributed by atoms with Crippen LogP contribution in [0.3, 0.4) is 0 Å². The van der Waals surface area contributed by atoms with Crippen molar-refractivity contribution in [2.45, 2.75) is 13.0 Å². The van der Waals surface area contributed by atoms with Crippen LogP contribution >= 0.6 is 0 Å². The highest BCUT2D eigenvalue weighted by atomic mass is 19.1. The first kappa shape index (κ1) is 13.9. The average molecular weight is 275 g/mol. The third-order valence-corrected chi connectivity index (χ3v) is 2.91. The van der Waals surface area contributed by atoms with Crippen LogP contribution < -0.4 is 5.32 Å². The Kier molecular flexibility index (Phi) is 3.89. The fourth-order valence-electron chi connectivity index (χ4n) is 1.85. The summed E-state index contributed by atoms with van der Waals surface area (Å²) in [5.41, 5.74) is 1.60. The highest BCUT2D eigenvalue weighted by Gasteiger charge is 2.23. The van der Waals surface area contributed by atoms with E-state index in [1.165, 1.54) is 0 Å². The zero-order valence-electron chi connectivity index (χ0n) is 10.8. The molecule has 0 amide bonds. The molecule has 2 aromatic rings. The summed E-state index contributed by atoms with van der Waals surface area (Å²) in [7, 11) is 0. The molecule has 0 saturated heterocycles. The van der Waals surface area contributed by atoms with E-state index in [0.717, 1.165) is 23.8 Å². The summed E-state index contributed by atoms with van der Waals surface area (Å²) in [5, 5.41) is 21.7. The first-order valence-corrected chi connectivity index (χ1v) is 6.02. The molecule has 0 bridgehead atoms. The molecule has 0 saturated carbocycles. The molecule has 0 aliphatic rings. The van der Waals surface area contributed by atoms with Crippen molar-refractivity contribution in [1.82, 2.24) is 0 Å². The normalized spacial score (nSPS) is 11.9. The van der Waals surface area contributed by atoms with Crippen molar-refractivity contribution in [1.29, 1.82) is 0 Å². The molecule has 0 radical (unpaired) electrons. The van der Waals surface area contributed by atoms with Crippen LogP contribution in [0, 0.1) is 12.7 Å². The summed E-state index contributed by atoms with van der Waals surface area (Å²) < 4.78 is 13.2. The third kappa shape index (κ3) is 3.06. The Labute approximate surface area is 115 Å². The van der Waals surface area contributed by atoms with E-state index < -0.39 is 17.8 Å². The Balaban J connectivity index is 2.34. The molecule has 0 aromatic heterocycles. The van der Waals surface area contributed by atoms with Crippen LogP contribution in [0.2, 0.25) is 0 Å². The number of halogens is 1. The van der Waals surface area contributed by atoms with Gasteiger partial charge in [-0.15, -0.1) is 0 Å². The minimum Gasteiger partial charge on any atom is -0.508 e. The van der Waals surface area contributed by atoms with Gasteiger partial charge >= 0.3 is 5.97 Å². The van der Waals surface area contributed by atoms with Gasteiger partial charge in [0.05, 0.1) is 0 Å². The van der Waals surface area contributed by atoms with Crippen molar-refractivity contribution in [2.24, 2.45) is 0 Å². The lowest BCUT2D eigenvalue weighted by atomic mass is 10.0. The zero-order valence-corrected chi connectivity index (χ0v) is 10.8. The molecule has 0 fully saturated rings. The Hall–Kier alpha value is -2.56. The number of aliphatic carboxylic acids is 1. The molecule has 104 valence electrons. The maximum atomic E-state index is 13.2. The Bertz CT molecular complexity index is 626. The summed E-state index contributed by atoms with van der Waals surface area (Å²) in [6.07, 6.45) is 0. The number of rotatable bonds is 4. The number of aromatic hydroxyl groups is 1. The topological polar surface area (TPSA) is 69.6 Å². The maximum absolute atomic E-state index is 13.2. The second-order valence-electron chi connectivity index (χ2n) is 4.48. The van der Waals surface area contributed by atoms with E-state index in [1.54, 1.807) is 12.1 Å². The molecule has 0 spiro atoms. The fourth-order valence-corrected chi connectivity index (χ4v) is 1.85. The number of nitrogens with one attached hydrogen (secondary N) is 1. The van der Waals surface area contributed by atoms with Gasteiger partial charge in [0.25, 0.3) is 0 Å². The average Bonchev–Trinajstić information content (AvgIpc) is 2.41. The quantitative estimate of drug-likeness (QED) is 0.802. The summed E-state index contributed by atoms with van der Waals surface area (Å²) >= 11 is 0. The van der Waals surface area contributed by atoms with Gasteiger partial charge in [0.1, 0.15) is 11.6 Å². The standard InChI is InChI=1S/C15H14FNO3/c1-9-2-5-11(6-3-9)17-14(15(19)20)12-8-10(16)4-7-13(12)18/h2-8,14,17-18H,1H3,(H,19,20). The van der Waals surface area contributed by atoms with Gasteiger partial charge in [0.15, 0.2) is 6.04 Å². The van der Waals surface area contributed by atoms with E-state index in [-0.39, 0.29) is 11.3 Å². The fraction of sp³-hybridized carbons (Fsp3) is 0.133. The van der Waals surface area contributed by atoms with Crippen molar-refractivity contribution in [3.63, 3.8) is 0 Å². The Morgan fingerprint density at radius 3 is 2.45 bits per heavy atom. The number of hydrogen-bond acceptors (Lipinski definition) is 3. The number of carboxylic acid groups (broad SMARTS) is 1. The van der Waals surface area contributed by atoms with E-state index in [2.05, 4.69) is 5.32 Å². The van der Waals surface area contributed by atoms with E-state index in [9.17, 15) is 19.4 Å². The number of carboxylic acids is 1. The van der Waals surface area contributed by atoms with Crippen molar-refractivity contribution in [3.05, 3.63) is 59.4 Å². The summed E-state index contributed by atoms with van der Waals surface area (Å²) in [6, 6.07) is 9.09. The number of phenolic OH excluding ortho intramolecular Hbond substituents is 1. The van der Waals surface area contributed by atoms with Gasteiger partial charge in [-0.1, -0.05) is 17.7 Å². The molecule has 2 aromatic carbocycles. The van der Waals surface area contributed by atoms with Crippen LogP contribution in [0.25, 0.3) is 0 Å². The summed E-state index contributed by atoms with van der Waals surface area (Å²) in [4.78, 5) is 11.3. The molecular formula is C15H14FNO3. The van der Waals surface area contributed by atoms with Crippen LogP contribution in [0.1, 0.15) is 17.2 Å². The molecule has 0 aliphatic carbocycles. The van der Waals surface area contributed by atoms with Crippen molar-refractivity contribution in [3.8, 4) is 5.75 Å². The molecule has 20 heavy (non-hydrogen) atoms. The molecule has 0 aliphatic heterocycles. The Morgan fingerprint density at radius 1 is 1.20 bits per heavy atom. The van der Waals surface area contributed by atoms with Gasteiger partial charge in [-0.3, -0.25) is 0 Å². The number of anilines is 1. The minimum absolute atomic E-state index is 0.0157. The van der Waals surface area contributed by atoms with Crippen molar-refractivity contribution >= 4 is 11.7 Å². The second kappa shape index (κ2) is 5.61. The van der Waals surface area contributed by atoms with Crippen LogP contribution in [0.4, 0.5) is 10.1 Å². The minimum atomic E-state index is -1.23. The second-order valence-corrected chi connectivity index (χ2v) is 4.48. The van der Waals surface area contributed by atoms with Crippen LogP contribution in [0.15, 0.2) is 42.5 Å². The van der Waals surface area contributed by atoms with Crippen molar-refractivity contribution in [2.75, 3.05) is 5.32 Å². The molecule has 4 nitrogen and oxygen atoms in total. The maximum Gasteiger partial charge on any atom is 0.330 e. The van der Waals surface area contributed by atoms with E-state index >= 15 is 0 Å². The van der Waals surface area contributed by atoms with Crippen LogP contribution in [-0.2, 0) is 4.79 Å². The highest BCUT2D eigenvalue weighted by Crippen LogP contribution is 2.28. The largest absolute Gasteiger partial charge is 0.508 e. The number of phenols is 1.